The number of rotatable bonds is 7. The molecule has 1 aliphatic heterocycles. The van der Waals surface area contributed by atoms with Crippen molar-refractivity contribution in [3.8, 4) is 5.75 Å². The summed E-state index contributed by atoms with van der Waals surface area (Å²) in [6.45, 7) is 5.37. The van der Waals surface area contributed by atoms with Gasteiger partial charge in [0.2, 0.25) is 11.9 Å². The highest BCUT2D eigenvalue weighted by Gasteiger charge is 2.27. The summed E-state index contributed by atoms with van der Waals surface area (Å²) in [7, 11) is 1.68. The Hall–Kier alpha value is -3.48. The van der Waals surface area contributed by atoms with Crippen LogP contribution in [0.1, 0.15) is 25.3 Å². The van der Waals surface area contributed by atoms with Gasteiger partial charge in [-0.1, -0.05) is 12.1 Å². The lowest BCUT2D eigenvalue weighted by molar-refractivity contribution is -0.125. The monoisotopic (exact) mass is 445 g/mol. The quantitative estimate of drug-likeness (QED) is 0.449. The number of imidazole rings is 1. The second-order valence-electron chi connectivity index (χ2n) is 8.67. The van der Waals surface area contributed by atoms with Crippen molar-refractivity contribution < 1.29 is 9.53 Å². The third kappa shape index (κ3) is 4.15. The van der Waals surface area contributed by atoms with Crippen LogP contribution in [0.25, 0.3) is 21.9 Å². The molecule has 7 nitrogen and oxygen atoms in total. The van der Waals surface area contributed by atoms with E-state index in [0.29, 0.717) is 6.54 Å². The first-order valence-electron chi connectivity index (χ1n) is 11.8. The van der Waals surface area contributed by atoms with Crippen molar-refractivity contribution in [3.63, 3.8) is 0 Å². The van der Waals surface area contributed by atoms with Crippen LogP contribution in [0.4, 0.5) is 5.95 Å². The minimum atomic E-state index is 0.0590. The summed E-state index contributed by atoms with van der Waals surface area (Å²) in [5, 5.41) is 4.31. The highest BCUT2D eigenvalue weighted by Crippen LogP contribution is 2.27. The van der Waals surface area contributed by atoms with E-state index < -0.39 is 0 Å². The maximum absolute atomic E-state index is 12.8. The van der Waals surface area contributed by atoms with Gasteiger partial charge in [0, 0.05) is 49.2 Å². The van der Waals surface area contributed by atoms with Gasteiger partial charge < -0.3 is 24.5 Å². The lowest BCUT2D eigenvalue weighted by Crippen LogP contribution is -2.41. The molecule has 0 bridgehead atoms. The Morgan fingerprint density at radius 3 is 2.82 bits per heavy atom. The molecule has 0 spiro atoms. The Morgan fingerprint density at radius 2 is 2.03 bits per heavy atom. The largest absolute Gasteiger partial charge is 0.497 e. The molecule has 2 aromatic carbocycles. The van der Waals surface area contributed by atoms with Crippen molar-refractivity contribution >= 4 is 33.8 Å². The molecule has 0 atom stereocenters. The molecule has 4 aromatic rings. The standard InChI is InChI=1S/C26H31N5O2/c1-3-31-24-7-5-4-6-23(24)29-26(31)30-14-11-18(12-15-30)25(32)27-13-10-19-17-28-22-9-8-20(33-2)16-21(19)22/h4-9,16-18,28H,3,10-15H2,1-2H3,(H,27,32). The summed E-state index contributed by atoms with van der Waals surface area (Å²) >= 11 is 0. The van der Waals surface area contributed by atoms with E-state index in [1.807, 2.05) is 30.5 Å². The number of aromatic nitrogens is 3. The Kier molecular flexibility index (Phi) is 5.94. The molecule has 1 fully saturated rings. The smallest absolute Gasteiger partial charge is 0.223 e. The van der Waals surface area contributed by atoms with Crippen molar-refractivity contribution in [2.45, 2.75) is 32.7 Å². The fourth-order valence-electron chi connectivity index (χ4n) is 4.91. The minimum Gasteiger partial charge on any atom is -0.497 e. The maximum Gasteiger partial charge on any atom is 0.223 e. The number of piperidine rings is 1. The second-order valence-corrected chi connectivity index (χ2v) is 8.67. The summed E-state index contributed by atoms with van der Waals surface area (Å²) in [6, 6.07) is 14.3. The molecule has 3 heterocycles. The number of aryl methyl sites for hydroxylation is 1. The predicted molar refractivity (Wildman–Crippen MR) is 132 cm³/mol. The van der Waals surface area contributed by atoms with Gasteiger partial charge in [0.25, 0.3) is 0 Å². The fourth-order valence-corrected chi connectivity index (χ4v) is 4.91. The Bertz CT molecular complexity index is 1270. The maximum atomic E-state index is 12.8. The molecular weight excluding hydrogens is 414 g/mol. The molecule has 0 aliphatic carbocycles. The molecular formula is C26H31N5O2. The van der Waals surface area contributed by atoms with Crippen molar-refractivity contribution in [2.75, 3.05) is 31.6 Å². The van der Waals surface area contributed by atoms with Gasteiger partial charge in [0.15, 0.2) is 0 Å². The zero-order chi connectivity index (χ0) is 22.8. The summed E-state index contributed by atoms with van der Waals surface area (Å²) in [4.78, 5) is 23.3. The lowest BCUT2D eigenvalue weighted by atomic mass is 9.96. The van der Waals surface area contributed by atoms with Crippen LogP contribution in [0.3, 0.4) is 0 Å². The molecule has 2 aromatic heterocycles. The van der Waals surface area contributed by atoms with E-state index in [1.54, 1.807) is 7.11 Å². The number of methoxy groups -OCH3 is 1. The number of hydrogen-bond donors (Lipinski definition) is 2. The topological polar surface area (TPSA) is 75.2 Å². The Morgan fingerprint density at radius 1 is 1.21 bits per heavy atom. The molecule has 7 heteroatoms. The number of ether oxygens (including phenoxy) is 1. The first kappa shape index (κ1) is 21.4. The fraction of sp³-hybridized carbons (Fsp3) is 0.385. The van der Waals surface area contributed by atoms with Crippen LogP contribution >= 0.6 is 0 Å². The number of para-hydroxylation sites is 2. The van der Waals surface area contributed by atoms with Crippen LogP contribution in [-0.2, 0) is 17.8 Å². The molecule has 2 N–H and O–H groups in total. The Labute approximate surface area is 193 Å². The van der Waals surface area contributed by atoms with Crippen LogP contribution in [-0.4, -0.2) is 47.2 Å². The average Bonchev–Trinajstić information content (AvgIpc) is 3.44. The van der Waals surface area contributed by atoms with Gasteiger partial charge >= 0.3 is 0 Å². The molecule has 0 saturated carbocycles. The molecule has 0 unspecified atom stereocenters. The highest BCUT2D eigenvalue weighted by atomic mass is 16.5. The van der Waals surface area contributed by atoms with E-state index in [2.05, 4.69) is 44.9 Å². The number of anilines is 1. The zero-order valence-electron chi connectivity index (χ0n) is 19.3. The third-order valence-electron chi connectivity index (χ3n) is 6.77. The van der Waals surface area contributed by atoms with Gasteiger partial charge in [0.1, 0.15) is 5.75 Å². The summed E-state index contributed by atoms with van der Waals surface area (Å²) in [5.41, 5.74) is 4.48. The van der Waals surface area contributed by atoms with Gasteiger partial charge in [-0.05, 0) is 62.1 Å². The number of benzene rings is 2. The van der Waals surface area contributed by atoms with E-state index >= 15 is 0 Å². The van der Waals surface area contributed by atoms with Crippen molar-refractivity contribution in [1.29, 1.82) is 0 Å². The molecule has 1 saturated heterocycles. The molecule has 172 valence electrons. The number of fused-ring (bicyclic) bond motifs is 2. The first-order chi connectivity index (χ1) is 16.2. The number of H-pyrrole nitrogens is 1. The molecule has 0 radical (unpaired) electrons. The highest BCUT2D eigenvalue weighted by molar-refractivity contribution is 5.85. The number of carbonyl (C=O) groups is 1. The number of hydrogen-bond acceptors (Lipinski definition) is 4. The lowest BCUT2D eigenvalue weighted by Gasteiger charge is -2.32. The van der Waals surface area contributed by atoms with E-state index in [9.17, 15) is 4.79 Å². The first-order valence-corrected chi connectivity index (χ1v) is 11.8. The van der Waals surface area contributed by atoms with Crippen LogP contribution in [0.2, 0.25) is 0 Å². The average molecular weight is 446 g/mol. The van der Waals surface area contributed by atoms with Crippen molar-refractivity contribution in [3.05, 3.63) is 54.2 Å². The van der Waals surface area contributed by atoms with Crippen molar-refractivity contribution in [2.24, 2.45) is 5.92 Å². The Balaban J connectivity index is 1.16. The number of carbonyl (C=O) groups excluding carboxylic acids is 1. The van der Waals surface area contributed by atoms with E-state index in [-0.39, 0.29) is 11.8 Å². The van der Waals surface area contributed by atoms with Crippen LogP contribution < -0.4 is 15.0 Å². The van der Waals surface area contributed by atoms with Crippen LogP contribution in [0.15, 0.2) is 48.7 Å². The molecule has 5 rings (SSSR count). The number of amides is 1. The molecule has 1 amide bonds. The van der Waals surface area contributed by atoms with Crippen LogP contribution in [0.5, 0.6) is 5.75 Å². The third-order valence-corrected chi connectivity index (χ3v) is 6.77. The molecule has 1 aliphatic rings. The zero-order valence-corrected chi connectivity index (χ0v) is 19.3. The summed E-state index contributed by atoms with van der Waals surface area (Å²) in [6.07, 6.45) is 4.51. The predicted octanol–water partition coefficient (Wildman–Crippen LogP) is 4.12. The van der Waals surface area contributed by atoms with Gasteiger partial charge in [0.05, 0.1) is 18.1 Å². The van der Waals surface area contributed by atoms with E-state index in [1.165, 1.54) is 11.1 Å². The normalized spacial score (nSPS) is 14.8. The SMILES string of the molecule is CCn1c(N2CCC(C(=O)NCCc3c[nH]c4ccc(OC)cc34)CC2)nc2ccccc21. The minimum absolute atomic E-state index is 0.0590. The van der Waals surface area contributed by atoms with Gasteiger partial charge in [-0.25, -0.2) is 4.98 Å². The van der Waals surface area contributed by atoms with Gasteiger partial charge in [-0.3, -0.25) is 4.79 Å². The summed E-state index contributed by atoms with van der Waals surface area (Å²) in [5.74, 6) is 2.09. The number of nitrogens with zero attached hydrogens (tertiary/aromatic N) is 3. The number of nitrogens with one attached hydrogen (secondary N) is 2. The molecule has 33 heavy (non-hydrogen) atoms. The van der Waals surface area contributed by atoms with E-state index in [0.717, 1.165) is 67.0 Å². The van der Waals surface area contributed by atoms with Gasteiger partial charge in [-0.2, -0.15) is 0 Å². The van der Waals surface area contributed by atoms with Crippen LogP contribution in [0, 0.1) is 5.92 Å². The summed E-state index contributed by atoms with van der Waals surface area (Å²) < 4.78 is 7.62. The second kappa shape index (κ2) is 9.17. The van der Waals surface area contributed by atoms with Gasteiger partial charge in [-0.15, -0.1) is 0 Å². The van der Waals surface area contributed by atoms with Crippen molar-refractivity contribution in [1.82, 2.24) is 19.9 Å². The van der Waals surface area contributed by atoms with E-state index in [4.69, 9.17) is 9.72 Å². The number of aromatic amines is 1.